The van der Waals surface area contributed by atoms with E-state index in [1.807, 2.05) is 30.3 Å². The maximum atomic E-state index is 9.75. The molecule has 0 unspecified atom stereocenters. The van der Waals surface area contributed by atoms with Crippen molar-refractivity contribution in [2.75, 3.05) is 6.61 Å². The van der Waals surface area contributed by atoms with Crippen molar-refractivity contribution in [3.8, 4) is 0 Å². The zero-order chi connectivity index (χ0) is 12.8. The van der Waals surface area contributed by atoms with Crippen molar-refractivity contribution in [3.63, 3.8) is 0 Å². The standard InChI is InChI=1S/C14H16O4/c15-12(14(16)13-7-4-8-18-13)10-17-9-11-5-2-1-3-6-11/h1-8,12,14-16H,9-10H2/t12-,14+/m1/s1. The Kier molecular flexibility index (Phi) is 4.52. The molecule has 0 saturated carbocycles. The average Bonchev–Trinajstić information content (AvgIpc) is 2.93. The second-order valence-electron chi connectivity index (χ2n) is 4.03. The Morgan fingerprint density at radius 2 is 1.83 bits per heavy atom. The maximum absolute atomic E-state index is 9.75. The van der Waals surface area contributed by atoms with Crippen molar-refractivity contribution >= 4 is 0 Å². The minimum Gasteiger partial charge on any atom is -0.466 e. The van der Waals surface area contributed by atoms with Gasteiger partial charge in [-0.2, -0.15) is 0 Å². The lowest BCUT2D eigenvalue weighted by molar-refractivity contribution is -0.0507. The molecule has 0 spiro atoms. The van der Waals surface area contributed by atoms with E-state index in [4.69, 9.17) is 9.15 Å². The SMILES string of the molecule is O[C@H](COCc1ccccc1)[C@H](O)c1ccco1. The fourth-order valence-electron chi connectivity index (χ4n) is 1.61. The number of furan rings is 1. The van der Waals surface area contributed by atoms with Gasteiger partial charge < -0.3 is 19.4 Å². The average molecular weight is 248 g/mol. The number of benzene rings is 1. The molecule has 2 N–H and O–H groups in total. The predicted molar refractivity (Wildman–Crippen MR) is 65.8 cm³/mol. The molecule has 0 radical (unpaired) electrons. The first-order valence-corrected chi connectivity index (χ1v) is 5.78. The summed E-state index contributed by atoms with van der Waals surface area (Å²) >= 11 is 0. The van der Waals surface area contributed by atoms with Gasteiger partial charge >= 0.3 is 0 Å². The molecule has 4 nitrogen and oxygen atoms in total. The molecule has 0 saturated heterocycles. The molecular formula is C14H16O4. The molecule has 0 fully saturated rings. The molecule has 1 aromatic carbocycles. The van der Waals surface area contributed by atoms with E-state index >= 15 is 0 Å². The van der Waals surface area contributed by atoms with E-state index in [-0.39, 0.29) is 6.61 Å². The van der Waals surface area contributed by atoms with Gasteiger partial charge in [0.15, 0.2) is 0 Å². The van der Waals surface area contributed by atoms with E-state index in [1.165, 1.54) is 6.26 Å². The van der Waals surface area contributed by atoms with Gasteiger partial charge in [-0.1, -0.05) is 30.3 Å². The van der Waals surface area contributed by atoms with Crippen molar-refractivity contribution in [2.24, 2.45) is 0 Å². The highest BCUT2D eigenvalue weighted by Crippen LogP contribution is 2.17. The molecule has 0 bridgehead atoms. The van der Waals surface area contributed by atoms with Gasteiger partial charge in [0.25, 0.3) is 0 Å². The normalized spacial score (nSPS) is 14.3. The van der Waals surface area contributed by atoms with Gasteiger partial charge in [-0.25, -0.2) is 0 Å². The molecule has 0 amide bonds. The molecule has 1 aromatic heterocycles. The van der Waals surface area contributed by atoms with Gasteiger partial charge in [-0.15, -0.1) is 0 Å². The summed E-state index contributed by atoms with van der Waals surface area (Å²) in [5.74, 6) is 0.339. The number of hydrogen-bond donors (Lipinski definition) is 2. The lowest BCUT2D eigenvalue weighted by atomic mass is 10.1. The second kappa shape index (κ2) is 6.35. The van der Waals surface area contributed by atoms with Gasteiger partial charge in [0.1, 0.15) is 18.0 Å². The summed E-state index contributed by atoms with van der Waals surface area (Å²) in [7, 11) is 0. The van der Waals surface area contributed by atoms with Crippen LogP contribution < -0.4 is 0 Å². The summed E-state index contributed by atoms with van der Waals surface area (Å²) in [6.45, 7) is 0.458. The van der Waals surface area contributed by atoms with Crippen LogP contribution in [-0.4, -0.2) is 22.9 Å². The molecule has 0 aliphatic rings. The van der Waals surface area contributed by atoms with Crippen LogP contribution in [0.15, 0.2) is 53.1 Å². The Bertz CT molecular complexity index is 438. The summed E-state index contributed by atoms with van der Waals surface area (Å²) < 4.78 is 10.4. The molecule has 0 aliphatic carbocycles. The van der Waals surface area contributed by atoms with Crippen LogP contribution in [0.25, 0.3) is 0 Å². The van der Waals surface area contributed by atoms with E-state index < -0.39 is 12.2 Å². The monoisotopic (exact) mass is 248 g/mol. The van der Waals surface area contributed by atoms with Gasteiger partial charge in [-0.3, -0.25) is 0 Å². The third kappa shape index (κ3) is 3.43. The second-order valence-corrected chi connectivity index (χ2v) is 4.03. The van der Waals surface area contributed by atoms with Crippen LogP contribution in [-0.2, 0) is 11.3 Å². The van der Waals surface area contributed by atoms with Crippen molar-refractivity contribution in [1.29, 1.82) is 0 Å². The van der Waals surface area contributed by atoms with Crippen LogP contribution in [0, 0.1) is 0 Å². The van der Waals surface area contributed by atoms with Crippen LogP contribution in [0.4, 0.5) is 0 Å². The molecule has 2 rings (SSSR count). The summed E-state index contributed by atoms with van der Waals surface area (Å²) in [6.07, 6.45) is -0.605. The predicted octanol–water partition coefficient (Wildman–Crippen LogP) is 1.89. The van der Waals surface area contributed by atoms with Crippen molar-refractivity contribution in [3.05, 3.63) is 60.1 Å². The van der Waals surface area contributed by atoms with Crippen LogP contribution in [0.2, 0.25) is 0 Å². The fraction of sp³-hybridized carbons (Fsp3) is 0.286. The molecule has 0 aliphatic heterocycles. The highest BCUT2D eigenvalue weighted by Gasteiger charge is 2.20. The van der Waals surface area contributed by atoms with Crippen molar-refractivity contribution in [2.45, 2.75) is 18.8 Å². The lowest BCUT2D eigenvalue weighted by Crippen LogP contribution is -2.23. The number of aliphatic hydroxyl groups is 2. The molecule has 1 heterocycles. The Morgan fingerprint density at radius 1 is 1.06 bits per heavy atom. The zero-order valence-electron chi connectivity index (χ0n) is 9.90. The number of hydrogen-bond acceptors (Lipinski definition) is 4. The topological polar surface area (TPSA) is 62.8 Å². The molecule has 2 atom stereocenters. The number of ether oxygens (including phenoxy) is 1. The van der Waals surface area contributed by atoms with E-state index in [9.17, 15) is 10.2 Å². The van der Waals surface area contributed by atoms with E-state index in [1.54, 1.807) is 12.1 Å². The van der Waals surface area contributed by atoms with Crippen LogP contribution in [0.5, 0.6) is 0 Å². The van der Waals surface area contributed by atoms with Gasteiger partial charge in [0.05, 0.1) is 19.5 Å². The fourth-order valence-corrected chi connectivity index (χ4v) is 1.61. The zero-order valence-corrected chi connectivity index (χ0v) is 9.90. The van der Waals surface area contributed by atoms with E-state index in [2.05, 4.69) is 0 Å². The summed E-state index contributed by atoms with van der Waals surface area (Å²) in [4.78, 5) is 0. The van der Waals surface area contributed by atoms with Crippen molar-refractivity contribution < 1.29 is 19.4 Å². The highest BCUT2D eigenvalue weighted by atomic mass is 16.5. The number of rotatable bonds is 6. The number of aliphatic hydroxyl groups excluding tert-OH is 2. The Balaban J connectivity index is 1.77. The van der Waals surface area contributed by atoms with E-state index in [0.717, 1.165) is 5.56 Å². The Morgan fingerprint density at radius 3 is 2.50 bits per heavy atom. The summed E-state index contributed by atoms with van der Waals surface area (Å²) in [5, 5.41) is 19.5. The van der Waals surface area contributed by atoms with Gasteiger partial charge in [0, 0.05) is 0 Å². The first-order chi connectivity index (χ1) is 8.77. The van der Waals surface area contributed by atoms with Gasteiger partial charge in [-0.05, 0) is 17.7 Å². The maximum Gasteiger partial charge on any atom is 0.140 e. The van der Waals surface area contributed by atoms with E-state index in [0.29, 0.717) is 12.4 Å². The third-order valence-electron chi connectivity index (χ3n) is 2.60. The smallest absolute Gasteiger partial charge is 0.140 e. The minimum atomic E-state index is -1.06. The summed E-state index contributed by atoms with van der Waals surface area (Å²) in [6, 6.07) is 12.9. The third-order valence-corrected chi connectivity index (χ3v) is 2.60. The highest BCUT2D eigenvalue weighted by molar-refractivity contribution is 5.13. The largest absolute Gasteiger partial charge is 0.466 e. The Hall–Kier alpha value is -1.62. The van der Waals surface area contributed by atoms with Crippen molar-refractivity contribution in [1.82, 2.24) is 0 Å². The first-order valence-electron chi connectivity index (χ1n) is 5.78. The summed E-state index contributed by atoms with van der Waals surface area (Å²) in [5.41, 5.74) is 1.03. The molecular weight excluding hydrogens is 232 g/mol. The molecule has 4 heteroatoms. The minimum absolute atomic E-state index is 0.0523. The lowest BCUT2D eigenvalue weighted by Gasteiger charge is -2.15. The van der Waals surface area contributed by atoms with Crippen LogP contribution >= 0.6 is 0 Å². The quantitative estimate of drug-likeness (QED) is 0.819. The Labute approximate surface area is 105 Å². The molecule has 2 aromatic rings. The molecule has 96 valence electrons. The van der Waals surface area contributed by atoms with Gasteiger partial charge in [0.2, 0.25) is 0 Å². The van der Waals surface area contributed by atoms with Crippen LogP contribution in [0.3, 0.4) is 0 Å². The molecule has 18 heavy (non-hydrogen) atoms. The first kappa shape index (κ1) is 12.8. The van der Waals surface area contributed by atoms with Crippen LogP contribution in [0.1, 0.15) is 17.4 Å².